The van der Waals surface area contributed by atoms with Gasteiger partial charge in [-0.3, -0.25) is 10.1 Å². The van der Waals surface area contributed by atoms with E-state index in [1.807, 2.05) is 6.92 Å². The summed E-state index contributed by atoms with van der Waals surface area (Å²) in [6, 6.07) is 2.96. The lowest BCUT2D eigenvalue weighted by molar-refractivity contribution is -0.386. The number of ether oxygens (including phenoxy) is 2. The van der Waals surface area contributed by atoms with Crippen LogP contribution in [0.1, 0.15) is 18.9 Å². The van der Waals surface area contributed by atoms with Crippen LogP contribution in [0.15, 0.2) is 17.2 Å². The molecule has 0 unspecified atom stereocenters. The van der Waals surface area contributed by atoms with Crippen molar-refractivity contribution >= 4 is 11.9 Å². The minimum Gasteiger partial charge on any atom is -0.493 e. The van der Waals surface area contributed by atoms with Gasteiger partial charge < -0.3 is 20.0 Å². The Morgan fingerprint density at radius 1 is 1.52 bits per heavy atom. The Morgan fingerprint density at radius 2 is 2.29 bits per heavy atom. The maximum atomic E-state index is 11.2. The Morgan fingerprint density at radius 3 is 2.86 bits per heavy atom. The summed E-state index contributed by atoms with van der Waals surface area (Å²) in [4.78, 5) is 10.6. The number of hydrazone groups is 1. The molecule has 0 aliphatic heterocycles. The van der Waals surface area contributed by atoms with Gasteiger partial charge in [0, 0.05) is 11.6 Å². The third-order valence-corrected chi connectivity index (χ3v) is 2.45. The van der Waals surface area contributed by atoms with E-state index in [4.69, 9.17) is 14.6 Å². The van der Waals surface area contributed by atoms with E-state index in [9.17, 15) is 10.1 Å². The summed E-state index contributed by atoms with van der Waals surface area (Å²) in [5.74, 6) is 0.395. The molecule has 2 N–H and O–H groups in total. The van der Waals surface area contributed by atoms with Crippen LogP contribution in [0.2, 0.25) is 0 Å². The van der Waals surface area contributed by atoms with Gasteiger partial charge >= 0.3 is 5.69 Å². The fourth-order valence-corrected chi connectivity index (χ4v) is 1.55. The molecule has 1 rings (SSSR count). The van der Waals surface area contributed by atoms with Crippen LogP contribution in [-0.2, 0) is 0 Å². The molecule has 0 bridgehead atoms. The number of nitro groups is 1. The summed E-state index contributed by atoms with van der Waals surface area (Å²) < 4.78 is 10.6. The van der Waals surface area contributed by atoms with Crippen LogP contribution < -0.4 is 14.9 Å². The first-order valence-corrected chi connectivity index (χ1v) is 6.50. The Kier molecular flexibility index (Phi) is 6.96. The molecule has 0 aliphatic carbocycles. The van der Waals surface area contributed by atoms with Crippen molar-refractivity contribution in [2.24, 2.45) is 5.10 Å². The van der Waals surface area contributed by atoms with Crippen LogP contribution in [0.3, 0.4) is 0 Å². The van der Waals surface area contributed by atoms with Crippen molar-refractivity contribution in [1.82, 2.24) is 5.43 Å². The molecular formula is C13H19N3O5. The molecule has 116 valence electrons. The third-order valence-electron chi connectivity index (χ3n) is 2.45. The minimum atomic E-state index is -0.522. The normalized spacial score (nSPS) is 10.6. The topological polar surface area (TPSA) is 106 Å². The lowest BCUT2D eigenvalue weighted by Gasteiger charge is -2.11. The predicted molar refractivity (Wildman–Crippen MR) is 78.1 cm³/mol. The second-order valence-corrected chi connectivity index (χ2v) is 4.07. The first-order valence-electron chi connectivity index (χ1n) is 6.50. The van der Waals surface area contributed by atoms with Crippen molar-refractivity contribution in [3.63, 3.8) is 0 Å². The summed E-state index contributed by atoms with van der Waals surface area (Å²) in [5.41, 5.74) is 2.91. The summed E-state index contributed by atoms with van der Waals surface area (Å²) >= 11 is 0. The van der Waals surface area contributed by atoms with Gasteiger partial charge in [-0.15, -0.1) is 0 Å². The Bertz CT molecular complexity index is 505. The highest BCUT2D eigenvalue weighted by Crippen LogP contribution is 2.38. The van der Waals surface area contributed by atoms with E-state index in [-0.39, 0.29) is 23.8 Å². The molecule has 8 heteroatoms. The predicted octanol–water partition coefficient (Wildman–Crippen LogP) is 1.31. The number of rotatable bonds is 9. The van der Waals surface area contributed by atoms with Crippen LogP contribution in [0, 0.1) is 10.1 Å². The van der Waals surface area contributed by atoms with Gasteiger partial charge in [0.05, 0.1) is 38.0 Å². The van der Waals surface area contributed by atoms with Crippen molar-refractivity contribution < 1.29 is 19.5 Å². The second kappa shape index (κ2) is 8.75. The van der Waals surface area contributed by atoms with Crippen LogP contribution in [0.4, 0.5) is 5.69 Å². The summed E-state index contributed by atoms with van der Waals surface area (Å²) in [6.07, 6.45) is 2.14. The fraction of sp³-hybridized carbons (Fsp3) is 0.462. The van der Waals surface area contributed by atoms with Gasteiger partial charge in [0.2, 0.25) is 5.75 Å². The van der Waals surface area contributed by atoms with E-state index in [0.717, 1.165) is 6.42 Å². The first-order chi connectivity index (χ1) is 10.1. The minimum absolute atomic E-state index is 0.0510. The highest BCUT2D eigenvalue weighted by molar-refractivity contribution is 5.83. The number of nitro benzene ring substituents is 1. The molecular weight excluding hydrogens is 278 g/mol. The van der Waals surface area contributed by atoms with E-state index < -0.39 is 4.92 Å². The Labute approximate surface area is 122 Å². The lowest BCUT2D eigenvalue weighted by atomic mass is 10.2. The molecule has 0 amide bonds. The number of hydrogen-bond acceptors (Lipinski definition) is 7. The maximum Gasteiger partial charge on any atom is 0.315 e. The highest BCUT2D eigenvalue weighted by Gasteiger charge is 2.21. The van der Waals surface area contributed by atoms with E-state index in [0.29, 0.717) is 18.7 Å². The molecule has 0 radical (unpaired) electrons. The van der Waals surface area contributed by atoms with Gasteiger partial charge in [-0.25, -0.2) is 0 Å². The van der Waals surface area contributed by atoms with E-state index in [1.54, 1.807) is 6.07 Å². The number of methoxy groups -OCH3 is 1. The average molecular weight is 297 g/mol. The zero-order valence-electron chi connectivity index (χ0n) is 12.0. The van der Waals surface area contributed by atoms with E-state index in [1.165, 1.54) is 19.4 Å². The third kappa shape index (κ3) is 4.92. The molecule has 0 spiro atoms. The summed E-state index contributed by atoms with van der Waals surface area (Å²) in [6.45, 7) is 2.52. The number of hydrogen-bond donors (Lipinski definition) is 2. The zero-order chi connectivity index (χ0) is 15.7. The van der Waals surface area contributed by atoms with Crippen LogP contribution >= 0.6 is 0 Å². The zero-order valence-corrected chi connectivity index (χ0v) is 12.0. The molecule has 1 aromatic rings. The molecule has 0 saturated heterocycles. The molecule has 0 heterocycles. The van der Waals surface area contributed by atoms with Crippen molar-refractivity contribution in [1.29, 1.82) is 0 Å². The van der Waals surface area contributed by atoms with Crippen LogP contribution in [-0.4, -0.2) is 43.1 Å². The summed E-state index contributed by atoms with van der Waals surface area (Å²) in [7, 11) is 1.42. The standard InChI is InChI=1S/C13H19N3O5/c1-3-6-21-13-11(16(18)19)7-10(8-12(13)20-2)9-15-14-4-5-17/h7-9,14,17H,3-6H2,1-2H3. The largest absolute Gasteiger partial charge is 0.493 e. The molecule has 0 atom stereocenters. The van der Waals surface area contributed by atoms with Gasteiger partial charge in [0.25, 0.3) is 0 Å². The van der Waals surface area contributed by atoms with Crippen molar-refractivity contribution in [2.45, 2.75) is 13.3 Å². The number of nitrogens with zero attached hydrogens (tertiary/aromatic N) is 2. The smallest absolute Gasteiger partial charge is 0.315 e. The Hall–Kier alpha value is -2.35. The quantitative estimate of drug-likeness (QED) is 0.308. The van der Waals surface area contributed by atoms with Crippen molar-refractivity contribution in [2.75, 3.05) is 26.9 Å². The Balaban J connectivity index is 3.10. The molecule has 0 saturated carbocycles. The van der Waals surface area contributed by atoms with Crippen molar-refractivity contribution in [3.8, 4) is 11.5 Å². The van der Waals surface area contributed by atoms with E-state index in [2.05, 4.69) is 10.5 Å². The number of benzene rings is 1. The van der Waals surface area contributed by atoms with Crippen molar-refractivity contribution in [3.05, 3.63) is 27.8 Å². The number of aliphatic hydroxyl groups excluding tert-OH is 1. The second-order valence-electron chi connectivity index (χ2n) is 4.07. The molecule has 21 heavy (non-hydrogen) atoms. The van der Waals surface area contributed by atoms with E-state index >= 15 is 0 Å². The maximum absolute atomic E-state index is 11.2. The van der Waals surface area contributed by atoms with Gasteiger partial charge in [-0.05, 0) is 12.5 Å². The lowest BCUT2D eigenvalue weighted by Crippen LogP contribution is -2.11. The fourth-order valence-electron chi connectivity index (χ4n) is 1.55. The first kappa shape index (κ1) is 16.7. The van der Waals surface area contributed by atoms with Crippen LogP contribution in [0.25, 0.3) is 0 Å². The molecule has 8 nitrogen and oxygen atoms in total. The van der Waals surface area contributed by atoms with Gasteiger partial charge in [-0.1, -0.05) is 6.92 Å². The monoisotopic (exact) mass is 297 g/mol. The number of aliphatic hydroxyl groups is 1. The van der Waals surface area contributed by atoms with Crippen LogP contribution in [0.5, 0.6) is 11.5 Å². The SMILES string of the molecule is CCCOc1c(OC)cc(C=NNCCO)cc1[N+](=O)[O-]. The molecule has 0 fully saturated rings. The average Bonchev–Trinajstić information content (AvgIpc) is 2.49. The molecule has 1 aromatic carbocycles. The van der Waals surface area contributed by atoms with Gasteiger partial charge in [0.15, 0.2) is 5.75 Å². The highest BCUT2D eigenvalue weighted by atomic mass is 16.6. The molecule has 0 aliphatic rings. The molecule has 0 aromatic heterocycles. The number of nitrogens with one attached hydrogen (secondary N) is 1. The van der Waals surface area contributed by atoms with Gasteiger partial charge in [0.1, 0.15) is 0 Å². The summed E-state index contributed by atoms with van der Waals surface area (Å²) in [5, 5.41) is 23.6. The van der Waals surface area contributed by atoms with Gasteiger partial charge in [-0.2, -0.15) is 5.10 Å².